The van der Waals surface area contributed by atoms with Crippen molar-refractivity contribution in [3.63, 3.8) is 0 Å². The van der Waals surface area contributed by atoms with Crippen molar-refractivity contribution < 1.29 is 29.3 Å². The molecule has 3 aromatic rings. The van der Waals surface area contributed by atoms with Crippen molar-refractivity contribution in [2.45, 2.75) is 17.9 Å². The van der Waals surface area contributed by atoms with Gasteiger partial charge in [-0.15, -0.1) is 0 Å². The van der Waals surface area contributed by atoms with Crippen LogP contribution < -0.4 is 10.6 Å². The van der Waals surface area contributed by atoms with Gasteiger partial charge >= 0.3 is 12.1 Å². The summed E-state index contributed by atoms with van der Waals surface area (Å²) < 4.78 is 5.54. The summed E-state index contributed by atoms with van der Waals surface area (Å²) in [6.45, 7) is -0.356. The Hall–Kier alpha value is -4.17. The summed E-state index contributed by atoms with van der Waals surface area (Å²) in [7, 11) is 0. The summed E-state index contributed by atoms with van der Waals surface area (Å²) in [5, 5.41) is 23.3. The minimum absolute atomic E-state index is 0.0598. The highest BCUT2D eigenvalue weighted by atomic mass is 16.5. The molecule has 2 unspecified atom stereocenters. The van der Waals surface area contributed by atoms with Crippen LogP contribution in [0.5, 0.6) is 0 Å². The monoisotopic (exact) mass is 474 g/mol. The van der Waals surface area contributed by atoms with Gasteiger partial charge in [-0.1, -0.05) is 78.9 Å². The number of aliphatic hydroxyl groups excluding tert-OH is 1. The third-order valence-corrected chi connectivity index (χ3v) is 6.07. The first-order valence-electron chi connectivity index (χ1n) is 11.3. The number of ether oxygens (including phenoxy) is 1. The number of rotatable bonds is 9. The zero-order valence-corrected chi connectivity index (χ0v) is 18.9. The molecule has 0 saturated heterocycles. The Morgan fingerprint density at radius 3 is 1.97 bits per heavy atom. The maximum Gasteiger partial charge on any atom is 0.407 e. The van der Waals surface area contributed by atoms with E-state index < -0.39 is 36.5 Å². The van der Waals surface area contributed by atoms with Crippen molar-refractivity contribution in [1.29, 1.82) is 0 Å². The second kappa shape index (κ2) is 10.8. The molecule has 0 aromatic heterocycles. The van der Waals surface area contributed by atoms with E-state index in [9.17, 15) is 19.5 Å². The number of fused-ring (bicyclic) bond motifs is 3. The second-order valence-electron chi connectivity index (χ2n) is 8.27. The van der Waals surface area contributed by atoms with Crippen LogP contribution in [0.1, 0.15) is 28.5 Å². The van der Waals surface area contributed by atoms with Crippen molar-refractivity contribution in [1.82, 2.24) is 10.6 Å². The number of aliphatic carboxylic acids is 1. The summed E-state index contributed by atoms with van der Waals surface area (Å²) in [6, 6.07) is 24.8. The minimum atomic E-state index is -1.72. The quantitative estimate of drug-likeness (QED) is 0.378. The lowest BCUT2D eigenvalue weighted by molar-refractivity contribution is -0.146. The highest BCUT2D eigenvalue weighted by Gasteiger charge is 2.29. The summed E-state index contributed by atoms with van der Waals surface area (Å²) >= 11 is 0. The van der Waals surface area contributed by atoms with E-state index >= 15 is 0 Å². The van der Waals surface area contributed by atoms with E-state index in [0.29, 0.717) is 5.56 Å². The van der Waals surface area contributed by atoms with E-state index in [1.54, 1.807) is 30.3 Å². The lowest BCUT2D eigenvalue weighted by Gasteiger charge is -2.19. The highest BCUT2D eigenvalue weighted by Crippen LogP contribution is 2.44. The molecule has 8 nitrogen and oxygen atoms in total. The molecule has 0 spiro atoms. The Balaban J connectivity index is 1.39. The molecular formula is C27H26N2O6. The van der Waals surface area contributed by atoms with Gasteiger partial charge in [0, 0.05) is 12.5 Å². The molecule has 8 heteroatoms. The molecule has 2 amide bonds. The van der Waals surface area contributed by atoms with Crippen LogP contribution in [0.15, 0.2) is 78.9 Å². The molecule has 0 heterocycles. The van der Waals surface area contributed by atoms with Gasteiger partial charge in [0.05, 0.1) is 12.5 Å². The summed E-state index contributed by atoms with van der Waals surface area (Å²) in [5.74, 6) is -2.83. The molecule has 180 valence electrons. The molecule has 1 aliphatic rings. The molecule has 2 atom stereocenters. The Morgan fingerprint density at radius 1 is 0.800 bits per heavy atom. The minimum Gasteiger partial charge on any atom is -0.479 e. The number of carboxylic acid groups (broad SMARTS) is 1. The van der Waals surface area contributed by atoms with E-state index in [1.807, 2.05) is 36.4 Å². The SMILES string of the molecule is O=C(NCC(C(=O)NCC(O)C(=O)O)c1ccccc1)OCC1c2ccccc2-c2ccccc21. The zero-order valence-electron chi connectivity index (χ0n) is 18.9. The summed E-state index contributed by atoms with van der Waals surface area (Å²) in [4.78, 5) is 36.1. The third kappa shape index (κ3) is 5.50. The van der Waals surface area contributed by atoms with Gasteiger partial charge in [-0.2, -0.15) is 0 Å². The lowest BCUT2D eigenvalue weighted by Crippen LogP contribution is -2.42. The molecule has 0 aliphatic heterocycles. The molecule has 35 heavy (non-hydrogen) atoms. The maximum atomic E-state index is 12.7. The molecule has 4 N–H and O–H groups in total. The number of nitrogens with one attached hydrogen (secondary N) is 2. The van der Waals surface area contributed by atoms with Crippen molar-refractivity contribution >= 4 is 18.0 Å². The van der Waals surface area contributed by atoms with Gasteiger partial charge in [0.1, 0.15) is 6.61 Å². The van der Waals surface area contributed by atoms with E-state index in [1.165, 1.54) is 0 Å². The molecule has 1 aliphatic carbocycles. The predicted molar refractivity (Wildman–Crippen MR) is 129 cm³/mol. The molecule has 0 saturated carbocycles. The first-order valence-corrected chi connectivity index (χ1v) is 11.3. The van der Waals surface area contributed by atoms with E-state index in [0.717, 1.165) is 22.3 Å². The summed E-state index contributed by atoms with van der Waals surface area (Å²) in [6.07, 6.45) is -2.38. The smallest absolute Gasteiger partial charge is 0.407 e. The Labute approximate surface area is 202 Å². The van der Waals surface area contributed by atoms with Crippen molar-refractivity contribution in [2.75, 3.05) is 19.7 Å². The van der Waals surface area contributed by atoms with Crippen LogP contribution in [0.25, 0.3) is 11.1 Å². The topological polar surface area (TPSA) is 125 Å². The molecule has 0 bridgehead atoms. The second-order valence-corrected chi connectivity index (χ2v) is 8.27. The summed E-state index contributed by atoms with van der Waals surface area (Å²) in [5.41, 5.74) is 5.08. The number of carbonyl (C=O) groups excluding carboxylic acids is 2. The average Bonchev–Trinajstić information content (AvgIpc) is 3.20. The van der Waals surface area contributed by atoms with Crippen LogP contribution in [0.4, 0.5) is 4.79 Å². The predicted octanol–water partition coefficient (Wildman–Crippen LogP) is 2.87. The number of hydrogen-bond donors (Lipinski definition) is 4. The third-order valence-electron chi connectivity index (χ3n) is 6.07. The maximum absolute atomic E-state index is 12.7. The van der Waals surface area contributed by atoms with Gasteiger partial charge in [0.2, 0.25) is 5.91 Å². The number of hydrogen-bond acceptors (Lipinski definition) is 5. The van der Waals surface area contributed by atoms with Crippen LogP contribution in [-0.2, 0) is 14.3 Å². The number of amides is 2. The fraction of sp³-hybridized carbons (Fsp3) is 0.222. The fourth-order valence-corrected chi connectivity index (χ4v) is 4.29. The number of alkyl carbamates (subject to hydrolysis) is 1. The van der Waals surface area contributed by atoms with Gasteiger partial charge in [-0.05, 0) is 27.8 Å². The van der Waals surface area contributed by atoms with Crippen LogP contribution in [0.3, 0.4) is 0 Å². The van der Waals surface area contributed by atoms with Gasteiger partial charge in [-0.25, -0.2) is 9.59 Å². The molecule has 0 radical (unpaired) electrons. The molecule has 0 fully saturated rings. The van der Waals surface area contributed by atoms with Gasteiger partial charge in [0.25, 0.3) is 0 Å². The molecular weight excluding hydrogens is 448 g/mol. The number of carbonyl (C=O) groups is 3. The largest absolute Gasteiger partial charge is 0.479 e. The van der Waals surface area contributed by atoms with E-state index in [4.69, 9.17) is 9.84 Å². The van der Waals surface area contributed by atoms with E-state index in [2.05, 4.69) is 22.8 Å². The van der Waals surface area contributed by atoms with Gasteiger partial charge in [0.15, 0.2) is 6.10 Å². The first kappa shape index (κ1) is 24.0. The van der Waals surface area contributed by atoms with Crippen molar-refractivity contribution in [3.8, 4) is 11.1 Å². The zero-order chi connectivity index (χ0) is 24.8. The van der Waals surface area contributed by atoms with Gasteiger partial charge in [-0.3, -0.25) is 4.79 Å². The van der Waals surface area contributed by atoms with Crippen LogP contribution in [0, 0.1) is 0 Å². The number of benzene rings is 3. The van der Waals surface area contributed by atoms with Crippen LogP contribution in [0.2, 0.25) is 0 Å². The van der Waals surface area contributed by atoms with Crippen LogP contribution in [-0.4, -0.2) is 54.0 Å². The molecule has 4 rings (SSSR count). The first-order chi connectivity index (χ1) is 17.0. The normalized spacial score (nSPS) is 13.7. The molecule has 3 aromatic carbocycles. The average molecular weight is 475 g/mol. The van der Waals surface area contributed by atoms with Crippen LogP contribution >= 0.6 is 0 Å². The Kier molecular flexibility index (Phi) is 7.42. The fourth-order valence-electron chi connectivity index (χ4n) is 4.29. The lowest BCUT2D eigenvalue weighted by atomic mass is 9.98. The van der Waals surface area contributed by atoms with E-state index in [-0.39, 0.29) is 19.1 Å². The van der Waals surface area contributed by atoms with Gasteiger partial charge < -0.3 is 25.6 Å². The Morgan fingerprint density at radius 2 is 1.37 bits per heavy atom. The Bertz CT molecular complexity index is 1170. The highest BCUT2D eigenvalue weighted by molar-refractivity contribution is 5.85. The number of carboxylic acids is 1. The van der Waals surface area contributed by atoms with Crippen molar-refractivity contribution in [3.05, 3.63) is 95.6 Å². The number of aliphatic hydroxyl groups is 1. The van der Waals surface area contributed by atoms with Crippen molar-refractivity contribution in [2.24, 2.45) is 0 Å². The standard InChI is InChI=1S/C27H26N2O6/c30-24(26(32)33)15-28-25(31)22(17-8-2-1-3-9-17)14-29-27(34)35-16-23-20-12-6-4-10-18(20)19-11-5-7-13-21(19)23/h1-13,22-24,30H,14-16H2,(H,28,31)(H,29,34)(H,32,33).